The molecular weight excluding hydrogens is 792 g/mol. The first-order valence-electron chi connectivity index (χ1n) is 19.8. The first-order valence-corrected chi connectivity index (χ1v) is 19.8. The van der Waals surface area contributed by atoms with Crippen LogP contribution < -0.4 is 34.6 Å². The zero-order valence-electron chi connectivity index (χ0n) is 33.9. The number of nitrogens with one attached hydrogen (secondary N) is 1. The van der Waals surface area contributed by atoms with Gasteiger partial charge >= 0.3 is 0 Å². The number of hydrogen-bond donors (Lipinski definition) is 9. The zero-order chi connectivity index (χ0) is 43.7. The highest BCUT2D eigenvalue weighted by molar-refractivity contribution is 6.03. The fourth-order valence-corrected chi connectivity index (χ4v) is 6.89. The molecule has 0 aliphatic carbocycles. The van der Waals surface area contributed by atoms with Crippen LogP contribution in [-0.2, 0) is 21.3 Å². The highest BCUT2D eigenvalue weighted by Gasteiger charge is 2.46. The fourth-order valence-electron chi connectivity index (χ4n) is 6.89. The summed E-state index contributed by atoms with van der Waals surface area (Å²) in [4.78, 5) is 27.0. The van der Waals surface area contributed by atoms with E-state index < -0.39 is 86.1 Å². The molecule has 332 valence electrons. The van der Waals surface area contributed by atoms with E-state index in [1.807, 2.05) is 0 Å². The van der Waals surface area contributed by atoms with E-state index in [2.05, 4.69) is 12.2 Å². The summed E-state index contributed by atoms with van der Waals surface area (Å²) in [6.07, 6.45) is -7.16. The maximum absolute atomic E-state index is 13.8. The molecule has 19 nitrogen and oxygen atoms in total. The van der Waals surface area contributed by atoms with E-state index in [-0.39, 0.29) is 46.6 Å². The number of ether oxygens (including phenoxy) is 7. The van der Waals surface area contributed by atoms with Crippen LogP contribution in [0.2, 0.25) is 0 Å². The van der Waals surface area contributed by atoms with E-state index >= 15 is 0 Å². The van der Waals surface area contributed by atoms with Crippen molar-refractivity contribution in [1.82, 2.24) is 4.57 Å². The molecular formula is C41H56N2O17. The number of anilines is 1. The molecule has 2 aliphatic rings. The molecule has 60 heavy (non-hydrogen) atoms. The predicted octanol–water partition coefficient (Wildman–Crippen LogP) is 0.304. The van der Waals surface area contributed by atoms with E-state index in [4.69, 9.17) is 33.2 Å². The number of nitrogens with zero attached hydrogens (tertiary/aromatic N) is 1. The molecule has 3 heterocycles. The second-order valence-electron chi connectivity index (χ2n) is 14.6. The minimum absolute atomic E-state index is 0.0291. The van der Waals surface area contributed by atoms with Crippen molar-refractivity contribution in [2.45, 2.75) is 107 Å². The number of fused-ring (bicyclic) bond motifs is 1. The number of methoxy groups -OCH3 is 2. The SMILES string of the molecule is CCCCCCCCOc1c(O[C@H]2O[C@H](CO)[C@@H](O)[C@H](O)[C@@H]2O)c2ccc(NC(=O)C=Cc3cc(OC)c(O[C@H]4O[C@H](CO)[C@@H](O)[C@H](O)[C@@H]4O)c(OC)c3)cc2n(C)c1=O. The number of carbonyl (C=O) groups excluding carboxylic acids is 1. The number of benzene rings is 2. The molecule has 0 spiro atoms. The van der Waals surface area contributed by atoms with Gasteiger partial charge in [0, 0.05) is 24.2 Å². The van der Waals surface area contributed by atoms with Gasteiger partial charge in [0.25, 0.3) is 5.56 Å². The minimum atomic E-state index is -1.76. The Balaban J connectivity index is 1.38. The summed E-state index contributed by atoms with van der Waals surface area (Å²) in [5.41, 5.74) is 0.394. The molecule has 2 fully saturated rings. The van der Waals surface area contributed by atoms with Crippen LogP contribution >= 0.6 is 0 Å². The van der Waals surface area contributed by atoms with Gasteiger partial charge in [-0.2, -0.15) is 0 Å². The number of aryl methyl sites for hydroxylation is 1. The second kappa shape index (κ2) is 21.3. The highest BCUT2D eigenvalue weighted by atomic mass is 16.7. The molecule has 0 unspecified atom stereocenters. The number of aromatic nitrogens is 1. The highest BCUT2D eigenvalue weighted by Crippen LogP contribution is 2.41. The topological polar surface area (TPSA) is 278 Å². The molecule has 5 rings (SSSR count). The quantitative estimate of drug-likeness (QED) is 0.0580. The third kappa shape index (κ3) is 10.5. The predicted molar refractivity (Wildman–Crippen MR) is 214 cm³/mol. The second-order valence-corrected chi connectivity index (χ2v) is 14.6. The molecule has 1 aromatic heterocycles. The Hall–Kier alpha value is -4.54. The van der Waals surface area contributed by atoms with Crippen molar-refractivity contribution in [3.05, 3.63) is 52.3 Å². The van der Waals surface area contributed by atoms with Crippen LogP contribution in [0.3, 0.4) is 0 Å². The molecule has 0 radical (unpaired) electrons. The third-order valence-electron chi connectivity index (χ3n) is 10.4. The van der Waals surface area contributed by atoms with Gasteiger partial charge in [0.15, 0.2) is 17.2 Å². The van der Waals surface area contributed by atoms with E-state index in [0.29, 0.717) is 17.4 Å². The van der Waals surface area contributed by atoms with Crippen molar-refractivity contribution in [2.24, 2.45) is 7.05 Å². The fraction of sp³-hybridized carbons (Fsp3) is 0.561. The number of aliphatic hydroxyl groups excluding tert-OH is 8. The van der Waals surface area contributed by atoms with Crippen molar-refractivity contribution >= 4 is 28.6 Å². The van der Waals surface area contributed by atoms with Gasteiger partial charge in [-0.15, -0.1) is 0 Å². The van der Waals surface area contributed by atoms with Gasteiger partial charge in [-0.3, -0.25) is 9.59 Å². The van der Waals surface area contributed by atoms with E-state index in [1.165, 1.54) is 56.2 Å². The van der Waals surface area contributed by atoms with Crippen molar-refractivity contribution in [2.75, 3.05) is 39.4 Å². The molecule has 1 amide bonds. The number of carbonyl (C=O) groups is 1. The Labute approximate surface area is 345 Å². The molecule has 2 aromatic carbocycles. The molecule has 2 saturated heterocycles. The van der Waals surface area contributed by atoms with Crippen LogP contribution in [0.5, 0.6) is 28.7 Å². The number of rotatable bonds is 19. The summed E-state index contributed by atoms with van der Waals surface area (Å²) in [5, 5.41) is 84.6. The summed E-state index contributed by atoms with van der Waals surface area (Å²) in [6, 6.07) is 7.64. The van der Waals surface area contributed by atoms with Crippen LogP contribution in [0.1, 0.15) is 51.0 Å². The first kappa shape index (κ1) is 46.5. The average molecular weight is 849 g/mol. The Bertz CT molecular complexity index is 1960. The maximum atomic E-state index is 13.8. The van der Waals surface area contributed by atoms with Gasteiger partial charge in [0.05, 0.1) is 39.6 Å². The monoisotopic (exact) mass is 848 g/mol. The van der Waals surface area contributed by atoms with Crippen LogP contribution in [-0.4, -0.2) is 147 Å². The molecule has 9 N–H and O–H groups in total. The lowest BCUT2D eigenvalue weighted by Gasteiger charge is -2.39. The molecule has 3 aromatic rings. The Morgan fingerprint density at radius 3 is 1.85 bits per heavy atom. The standard InChI is InChI=1S/C41H56N2O17/c1-5-6-7-8-9-10-15-56-38-36(59-40-34(51)32(49)30(47)27(19-44)57-40)23-13-12-22(18-24(23)43(2)39(38)53)42-29(46)14-11-21-16-25(54-3)37(26(17-21)55-4)60-41-35(52)33(50)31(48)28(20-45)58-41/h11-14,16-18,27-28,30-35,40-41,44-45,47-52H,5-10,15,19-20H2,1-4H3,(H,42,46)/t27-,28-,30-,31-,32+,33+,34+,35+,40-,41-/m1/s1. The van der Waals surface area contributed by atoms with Crippen molar-refractivity contribution in [3.8, 4) is 28.7 Å². The van der Waals surface area contributed by atoms with Gasteiger partial charge in [-0.05, 0) is 48.4 Å². The molecule has 19 heteroatoms. The zero-order valence-corrected chi connectivity index (χ0v) is 33.9. The Kier molecular flexibility index (Phi) is 16.5. The van der Waals surface area contributed by atoms with Gasteiger partial charge in [-0.1, -0.05) is 39.0 Å². The largest absolute Gasteiger partial charge is 0.493 e. The van der Waals surface area contributed by atoms with Crippen LogP contribution in [0.25, 0.3) is 17.0 Å². The molecule has 0 bridgehead atoms. The van der Waals surface area contributed by atoms with Crippen LogP contribution in [0, 0.1) is 0 Å². The molecule has 2 aliphatic heterocycles. The smallest absolute Gasteiger partial charge is 0.297 e. The maximum Gasteiger partial charge on any atom is 0.297 e. The lowest BCUT2D eigenvalue weighted by Crippen LogP contribution is -2.60. The molecule has 0 saturated carbocycles. The Morgan fingerprint density at radius 2 is 1.30 bits per heavy atom. The van der Waals surface area contributed by atoms with Gasteiger partial charge in [-0.25, -0.2) is 0 Å². The number of aliphatic hydroxyl groups is 8. The lowest BCUT2D eigenvalue weighted by atomic mass is 9.99. The summed E-state index contributed by atoms with van der Waals surface area (Å²) in [7, 11) is 4.19. The molecule has 10 atom stereocenters. The summed E-state index contributed by atoms with van der Waals surface area (Å²) in [5.74, 6) is -0.694. The van der Waals surface area contributed by atoms with Gasteiger partial charge < -0.3 is 83.9 Å². The van der Waals surface area contributed by atoms with Crippen molar-refractivity contribution < 1.29 is 78.8 Å². The summed E-state index contributed by atoms with van der Waals surface area (Å²) < 4.78 is 41.2. The number of amides is 1. The van der Waals surface area contributed by atoms with E-state index in [9.17, 15) is 50.4 Å². The Morgan fingerprint density at radius 1 is 0.750 bits per heavy atom. The van der Waals surface area contributed by atoms with Crippen molar-refractivity contribution in [3.63, 3.8) is 0 Å². The normalized spacial score (nSPS) is 26.9. The average Bonchev–Trinajstić information content (AvgIpc) is 3.25. The van der Waals surface area contributed by atoms with Gasteiger partial charge in [0.1, 0.15) is 48.8 Å². The van der Waals surface area contributed by atoms with Crippen LogP contribution in [0.15, 0.2) is 41.2 Å². The third-order valence-corrected chi connectivity index (χ3v) is 10.4. The minimum Gasteiger partial charge on any atom is -0.493 e. The number of unbranched alkanes of at least 4 members (excludes halogenated alkanes) is 5. The van der Waals surface area contributed by atoms with Crippen LogP contribution in [0.4, 0.5) is 5.69 Å². The number of hydrogen-bond acceptors (Lipinski definition) is 17. The summed E-state index contributed by atoms with van der Waals surface area (Å²) >= 11 is 0. The first-order chi connectivity index (χ1) is 28.8. The van der Waals surface area contributed by atoms with E-state index in [1.54, 1.807) is 12.1 Å². The van der Waals surface area contributed by atoms with Gasteiger partial charge in [0.2, 0.25) is 30.0 Å². The summed E-state index contributed by atoms with van der Waals surface area (Å²) in [6.45, 7) is 0.968. The van der Waals surface area contributed by atoms with Crippen molar-refractivity contribution in [1.29, 1.82) is 0 Å². The number of pyridine rings is 1. The van der Waals surface area contributed by atoms with E-state index in [0.717, 1.165) is 32.1 Å². The lowest BCUT2D eigenvalue weighted by molar-refractivity contribution is -0.277.